The average molecular weight is 197 g/mol. The van der Waals surface area contributed by atoms with Crippen molar-refractivity contribution in [2.24, 2.45) is 0 Å². The van der Waals surface area contributed by atoms with Crippen molar-refractivity contribution in [1.82, 2.24) is 0 Å². The Balaban J connectivity index is 2.57. The van der Waals surface area contributed by atoms with Gasteiger partial charge in [-0.25, -0.2) is 0 Å². The van der Waals surface area contributed by atoms with Crippen molar-refractivity contribution in [3.8, 4) is 0 Å². The Bertz CT molecular complexity index is 141. The second kappa shape index (κ2) is 4.63. The van der Waals surface area contributed by atoms with E-state index in [0.717, 1.165) is 5.54 Å². The zero-order valence-electron chi connectivity index (χ0n) is 9.82. The standard InChI is InChI=1S/C12H25Si/c1-11(2)13(3,4)12-9-7-5-6-8-10-12/h11H,5-10H2,1-4H3. The monoisotopic (exact) mass is 197 g/mol. The minimum atomic E-state index is -0.995. The molecule has 0 nitrogen and oxygen atoms in total. The molecule has 1 radical (unpaired) electrons. The van der Waals surface area contributed by atoms with Gasteiger partial charge >= 0.3 is 0 Å². The van der Waals surface area contributed by atoms with Crippen molar-refractivity contribution in [1.29, 1.82) is 0 Å². The predicted octanol–water partition coefficient (Wildman–Crippen LogP) is 4.57. The van der Waals surface area contributed by atoms with E-state index in [2.05, 4.69) is 26.9 Å². The predicted molar refractivity (Wildman–Crippen MR) is 63.5 cm³/mol. The summed E-state index contributed by atoms with van der Waals surface area (Å²) in [6.07, 6.45) is 8.81. The highest BCUT2D eigenvalue weighted by Crippen LogP contribution is 2.38. The maximum absolute atomic E-state index is 2.57. The molecule has 1 aliphatic carbocycles. The molecule has 0 aromatic rings. The number of hydrogen-bond donors (Lipinski definition) is 0. The first-order chi connectivity index (χ1) is 6.05. The van der Waals surface area contributed by atoms with Gasteiger partial charge in [0, 0.05) is 0 Å². The van der Waals surface area contributed by atoms with Gasteiger partial charge in [0.25, 0.3) is 0 Å². The molecule has 0 amide bonds. The summed E-state index contributed by atoms with van der Waals surface area (Å²) in [6, 6.07) is 0. The van der Waals surface area contributed by atoms with Crippen molar-refractivity contribution in [3.63, 3.8) is 0 Å². The first-order valence-electron chi connectivity index (χ1n) is 5.90. The summed E-state index contributed by atoms with van der Waals surface area (Å²) in [6.45, 7) is 9.98. The summed E-state index contributed by atoms with van der Waals surface area (Å²) in [5, 5.41) is 0. The van der Waals surface area contributed by atoms with E-state index in [9.17, 15) is 0 Å². The van der Waals surface area contributed by atoms with Crippen LogP contribution in [-0.4, -0.2) is 8.07 Å². The van der Waals surface area contributed by atoms with Gasteiger partial charge in [0.05, 0.1) is 8.07 Å². The maximum Gasteiger partial charge on any atom is 0.0564 e. The Labute approximate surface area is 85.1 Å². The van der Waals surface area contributed by atoms with Gasteiger partial charge in [0.2, 0.25) is 0 Å². The topological polar surface area (TPSA) is 0 Å². The van der Waals surface area contributed by atoms with E-state index in [1.54, 1.807) is 0 Å². The molecule has 0 aromatic carbocycles. The highest BCUT2D eigenvalue weighted by Gasteiger charge is 2.34. The van der Waals surface area contributed by atoms with Crippen molar-refractivity contribution < 1.29 is 0 Å². The van der Waals surface area contributed by atoms with Crippen molar-refractivity contribution in [2.75, 3.05) is 0 Å². The molecule has 13 heavy (non-hydrogen) atoms. The van der Waals surface area contributed by atoms with E-state index in [-0.39, 0.29) is 0 Å². The fourth-order valence-electron chi connectivity index (χ4n) is 2.21. The van der Waals surface area contributed by atoms with Crippen LogP contribution in [-0.2, 0) is 0 Å². The van der Waals surface area contributed by atoms with Gasteiger partial charge in [-0.3, -0.25) is 0 Å². The summed E-state index contributed by atoms with van der Waals surface area (Å²) in [5.41, 5.74) is 2.90. The lowest BCUT2D eigenvalue weighted by Crippen LogP contribution is -2.38. The third-order valence-corrected chi connectivity index (χ3v) is 9.27. The third-order valence-electron chi connectivity index (χ3n) is 4.06. The Morgan fingerprint density at radius 3 is 1.77 bits per heavy atom. The van der Waals surface area contributed by atoms with E-state index in [1.807, 2.05) is 5.54 Å². The largest absolute Gasteiger partial charge is 0.0687 e. The lowest BCUT2D eigenvalue weighted by molar-refractivity contribution is 0.702. The molecule has 0 heterocycles. The quantitative estimate of drug-likeness (QED) is 0.449. The molecule has 0 atom stereocenters. The van der Waals surface area contributed by atoms with Gasteiger partial charge in [0.1, 0.15) is 0 Å². The molecular weight excluding hydrogens is 172 g/mol. The normalized spacial score (nSPS) is 21.9. The molecule has 0 spiro atoms. The van der Waals surface area contributed by atoms with Crippen LogP contribution in [0.2, 0.25) is 18.6 Å². The van der Waals surface area contributed by atoms with Crippen LogP contribution in [0.15, 0.2) is 0 Å². The van der Waals surface area contributed by atoms with Crippen LogP contribution in [0.3, 0.4) is 0 Å². The zero-order chi connectivity index (χ0) is 9.90. The molecule has 77 valence electrons. The first-order valence-corrected chi connectivity index (χ1v) is 8.98. The average Bonchev–Trinajstić information content (AvgIpc) is 2.31. The highest BCUT2D eigenvalue weighted by molar-refractivity contribution is 6.83. The molecular formula is C12H25Si. The molecule has 0 aliphatic heterocycles. The molecule has 0 bridgehead atoms. The third kappa shape index (κ3) is 2.83. The highest BCUT2D eigenvalue weighted by atomic mass is 28.3. The second-order valence-corrected chi connectivity index (χ2v) is 10.7. The van der Waals surface area contributed by atoms with Gasteiger partial charge in [-0.15, -0.1) is 0 Å². The molecule has 0 saturated heterocycles. The summed E-state index contributed by atoms with van der Waals surface area (Å²) in [4.78, 5) is 0. The van der Waals surface area contributed by atoms with Crippen LogP contribution < -0.4 is 0 Å². The van der Waals surface area contributed by atoms with Crippen molar-refractivity contribution in [3.05, 3.63) is 5.54 Å². The Hall–Kier alpha value is 0.217. The summed E-state index contributed by atoms with van der Waals surface area (Å²) in [7, 11) is -0.995. The molecule has 1 saturated carbocycles. The minimum absolute atomic E-state index is 0.931. The molecule has 1 fully saturated rings. The van der Waals surface area contributed by atoms with Crippen LogP contribution in [0.5, 0.6) is 0 Å². The molecule has 1 aliphatic rings. The maximum atomic E-state index is 2.57. The van der Waals surface area contributed by atoms with Crippen LogP contribution >= 0.6 is 0 Å². The molecule has 0 unspecified atom stereocenters. The first kappa shape index (κ1) is 11.3. The number of rotatable bonds is 2. The lowest BCUT2D eigenvalue weighted by atomic mass is 10.2. The van der Waals surface area contributed by atoms with E-state index in [1.165, 1.54) is 38.5 Å². The van der Waals surface area contributed by atoms with Gasteiger partial charge in [-0.1, -0.05) is 58.2 Å². The minimum Gasteiger partial charge on any atom is -0.0687 e. The molecule has 1 heteroatoms. The molecule has 1 rings (SSSR count). The Morgan fingerprint density at radius 2 is 1.38 bits per heavy atom. The Kier molecular flexibility index (Phi) is 4.02. The van der Waals surface area contributed by atoms with E-state index < -0.39 is 8.07 Å². The Morgan fingerprint density at radius 1 is 0.923 bits per heavy atom. The summed E-state index contributed by atoms with van der Waals surface area (Å²) < 4.78 is 0. The van der Waals surface area contributed by atoms with Crippen LogP contribution in [0.1, 0.15) is 52.4 Å². The second-order valence-electron chi connectivity index (χ2n) is 5.39. The molecule has 0 aromatic heterocycles. The van der Waals surface area contributed by atoms with Crippen LogP contribution in [0.4, 0.5) is 0 Å². The van der Waals surface area contributed by atoms with E-state index in [0.29, 0.717) is 0 Å². The molecule has 0 N–H and O–H groups in total. The fraction of sp³-hybridized carbons (Fsp3) is 0.917. The SMILES string of the molecule is CC(C)[Si](C)(C)[C]1CCCCCC1. The fourth-order valence-corrected chi connectivity index (χ4v) is 4.67. The van der Waals surface area contributed by atoms with E-state index in [4.69, 9.17) is 0 Å². The van der Waals surface area contributed by atoms with Gasteiger partial charge in [-0.2, -0.15) is 0 Å². The summed E-state index contributed by atoms with van der Waals surface area (Å²) in [5.74, 6) is 0. The van der Waals surface area contributed by atoms with Crippen LogP contribution in [0.25, 0.3) is 0 Å². The van der Waals surface area contributed by atoms with Gasteiger partial charge in [0.15, 0.2) is 0 Å². The van der Waals surface area contributed by atoms with E-state index >= 15 is 0 Å². The number of hydrogen-bond acceptors (Lipinski definition) is 0. The van der Waals surface area contributed by atoms with Crippen molar-refractivity contribution >= 4 is 8.07 Å². The van der Waals surface area contributed by atoms with Crippen molar-refractivity contribution in [2.45, 2.75) is 71.0 Å². The smallest absolute Gasteiger partial charge is 0.0564 e. The summed E-state index contributed by atoms with van der Waals surface area (Å²) >= 11 is 0. The van der Waals surface area contributed by atoms with Gasteiger partial charge in [-0.05, 0) is 18.4 Å². The zero-order valence-corrected chi connectivity index (χ0v) is 10.8. The van der Waals surface area contributed by atoms with Crippen LogP contribution in [0, 0.1) is 5.54 Å². The lowest BCUT2D eigenvalue weighted by Gasteiger charge is -2.35. The van der Waals surface area contributed by atoms with Gasteiger partial charge < -0.3 is 0 Å².